The molecule has 2 saturated heterocycles. The van der Waals surface area contributed by atoms with Crippen molar-refractivity contribution in [2.45, 2.75) is 76.6 Å². The number of hydrogen-bond acceptors (Lipinski definition) is 4. The minimum absolute atomic E-state index is 0.0749. The smallest absolute Gasteiger partial charge is 0.107 e. The molecule has 2 aliphatic heterocycles. The monoisotopic (exact) mass is 280 g/mol. The maximum atomic E-state index is 9.94. The van der Waals surface area contributed by atoms with Gasteiger partial charge in [-0.05, 0) is 31.6 Å². The van der Waals surface area contributed by atoms with Crippen molar-refractivity contribution in [1.29, 1.82) is 0 Å². The molecule has 3 rings (SSSR count). The van der Waals surface area contributed by atoms with Gasteiger partial charge in [0, 0.05) is 17.5 Å². The minimum Gasteiger partial charge on any atom is -0.393 e. The molecular weight excluding hydrogens is 256 g/mol. The Hall–Kier alpha value is -0.450. The first-order valence-electron chi connectivity index (χ1n) is 7.51. The van der Waals surface area contributed by atoms with E-state index in [1.165, 1.54) is 30.0 Å². The average Bonchev–Trinajstić information content (AvgIpc) is 2.79. The molecular formula is C15H24N2OS. The summed E-state index contributed by atoms with van der Waals surface area (Å²) in [5.41, 5.74) is 1.22. The van der Waals surface area contributed by atoms with Gasteiger partial charge in [0.1, 0.15) is 5.01 Å². The molecule has 0 amide bonds. The van der Waals surface area contributed by atoms with Gasteiger partial charge in [-0.25, -0.2) is 4.98 Å². The predicted molar refractivity (Wildman–Crippen MR) is 78.4 cm³/mol. The summed E-state index contributed by atoms with van der Waals surface area (Å²) in [5.74, 6) is 0.521. The van der Waals surface area contributed by atoms with E-state index in [9.17, 15) is 5.11 Å². The van der Waals surface area contributed by atoms with Gasteiger partial charge in [0.15, 0.2) is 0 Å². The van der Waals surface area contributed by atoms with E-state index in [2.05, 4.69) is 24.1 Å². The number of nitrogens with zero attached hydrogens (tertiary/aromatic N) is 2. The highest BCUT2D eigenvalue weighted by atomic mass is 32.1. The van der Waals surface area contributed by atoms with Gasteiger partial charge in [0.05, 0.1) is 18.3 Å². The number of aromatic nitrogens is 1. The van der Waals surface area contributed by atoms with Crippen LogP contribution in [0.3, 0.4) is 0 Å². The lowest BCUT2D eigenvalue weighted by Gasteiger charge is -2.47. The first-order valence-corrected chi connectivity index (χ1v) is 8.39. The zero-order valence-electron chi connectivity index (χ0n) is 11.9. The summed E-state index contributed by atoms with van der Waals surface area (Å²) < 4.78 is 0. The molecule has 2 fully saturated rings. The van der Waals surface area contributed by atoms with E-state index in [0.717, 1.165) is 19.4 Å². The zero-order chi connectivity index (χ0) is 13.4. The fraction of sp³-hybridized carbons (Fsp3) is 0.800. The third-order valence-electron chi connectivity index (χ3n) is 4.58. The number of piperidine rings is 2. The van der Waals surface area contributed by atoms with E-state index in [0.29, 0.717) is 18.0 Å². The van der Waals surface area contributed by atoms with Crippen LogP contribution in [-0.4, -0.2) is 33.2 Å². The summed E-state index contributed by atoms with van der Waals surface area (Å²) >= 11 is 1.80. The van der Waals surface area contributed by atoms with Gasteiger partial charge in [-0.3, -0.25) is 4.90 Å². The average molecular weight is 280 g/mol. The third kappa shape index (κ3) is 2.86. The van der Waals surface area contributed by atoms with Crippen LogP contribution < -0.4 is 0 Å². The number of aliphatic hydroxyl groups excluding tert-OH is 1. The molecule has 106 valence electrons. The van der Waals surface area contributed by atoms with Gasteiger partial charge in [0.2, 0.25) is 0 Å². The van der Waals surface area contributed by atoms with Crippen molar-refractivity contribution in [2.75, 3.05) is 0 Å². The van der Waals surface area contributed by atoms with Crippen LogP contribution in [-0.2, 0) is 6.54 Å². The Kier molecular flexibility index (Phi) is 3.92. The van der Waals surface area contributed by atoms with Crippen molar-refractivity contribution in [3.8, 4) is 0 Å². The Bertz CT molecular complexity index is 418. The second-order valence-electron chi connectivity index (χ2n) is 6.36. The van der Waals surface area contributed by atoms with E-state index in [-0.39, 0.29) is 6.10 Å². The number of rotatable bonds is 3. The molecule has 0 saturated carbocycles. The van der Waals surface area contributed by atoms with Crippen LogP contribution in [0.5, 0.6) is 0 Å². The molecule has 2 aliphatic rings. The Labute approximate surface area is 119 Å². The van der Waals surface area contributed by atoms with Crippen molar-refractivity contribution in [1.82, 2.24) is 9.88 Å². The van der Waals surface area contributed by atoms with Gasteiger partial charge < -0.3 is 5.11 Å². The van der Waals surface area contributed by atoms with E-state index in [1.54, 1.807) is 11.3 Å². The second-order valence-corrected chi connectivity index (χ2v) is 7.30. The molecule has 0 radical (unpaired) electrons. The van der Waals surface area contributed by atoms with Crippen molar-refractivity contribution >= 4 is 11.3 Å². The normalized spacial score (nSPS) is 31.9. The fourth-order valence-corrected chi connectivity index (χ4v) is 4.49. The lowest BCUT2D eigenvalue weighted by molar-refractivity contribution is -0.0312. The molecule has 4 heteroatoms. The van der Waals surface area contributed by atoms with Gasteiger partial charge >= 0.3 is 0 Å². The molecule has 1 N–H and O–H groups in total. The summed E-state index contributed by atoms with van der Waals surface area (Å²) in [4.78, 5) is 7.37. The molecule has 1 unspecified atom stereocenters. The van der Waals surface area contributed by atoms with E-state index in [4.69, 9.17) is 4.98 Å². The largest absolute Gasteiger partial charge is 0.393 e. The first-order chi connectivity index (χ1) is 9.13. The zero-order valence-corrected chi connectivity index (χ0v) is 12.7. The lowest BCUT2D eigenvalue weighted by Crippen LogP contribution is -2.52. The van der Waals surface area contributed by atoms with E-state index >= 15 is 0 Å². The van der Waals surface area contributed by atoms with Crippen molar-refractivity contribution in [3.63, 3.8) is 0 Å². The maximum Gasteiger partial charge on any atom is 0.107 e. The molecule has 3 heterocycles. The van der Waals surface area contributed by atoms with Crippen LogP contribution in [0.25, 0.3) is 0 Å². The minimum atomic E-state index is -0.0749. The molecule has 1 aromatic rings. The number of fused-ring (bicyclic) bond motifs is 2. The molecule has 0 aromatic carbocycles. The molecule has 0 spiro atoms. The number of hydrogen-bond donors (Lipinski definition) is 1. The standard InChI is InChI=1S/C15H24N2OS/c1-10(2)14-9-19-15(16-14)8-17-11-4-3-5-12(17)7-13(18)6-11/h9-13,18H,3-8H2,1-2H3/t11-,12+,13?. The predicted octanol–water partition coefficient (Wildman–Crippen LogP) is 3.14. The summed E-state index contributed by atoms with van der Waals surface area (Å²) in [6.07, 6.45) is 5.66. The molecule has 3 nitrogen and oxygen atoms in total. The van der Waals surface area contributed by atoms with Crippen LogP contribution in [0, 0.1) is 0 Å². The lowest BCUT2D eigenvalue weighted by atomic mass is 9.83. The van der Waals surface area contributed by atoms with Crippen molar-refractivity contribution in [3.05, 3.63) is 16.1 Å². The van der Waals surface area contributed by atoms with Crippen LogP contribution >= 0.6 is 11.3 Å². The van der Waals surface area contributed by atoms with Crippen LogP contribution in [0.2, 0.25) is 0 Å². The Morgan fingerprint density at radius 3 is 2.63 bits per heavy atom. The SMILES string of the molecule is CC(C)c1csc(CN2[C@@H]3CCC[C@H]2CC(O)C3)n1. The van der Waals surface area contributed by atoms with Gasteiger partial charge in [-0.2, -0.15) is 0 Å². The highest BCUT2D eigenvalue weighted by Crippen LogP contribution is 2.35. The van der Waals surface area contributed by atoms with Gasteiger partial charge in [-0.1, -0.05) is 20.3 Å². The van der Waals surface area contributed by atoms with Crippen LogP contribution in [0.15, 0.2) is 5.38 Å². The number of aliphatic hydroxyl groups is 1. The van der Waals surface area contributed by atoms with Gasteiger partial charge in [0.25, 0.3) is 0 Å². The van der Waals surface area contributed by atoms with Gasteiger partial charge in [-0.15, -0.1) is 11.3 Å². The summed E-state index contributed by atoms with van der Waals surface area (Å²) in [6.45, 7) is 5.38. The highest BCUT2D eigenvalue weighted by Gasteiger charge is 2.37. The van der Waals surface area contributed by atoms with Crippen LogP contribution in [0.4, 0.5) is 0 Å². The molecule has 2 bridgehead atoms. The fourth-order valence-electron chi connectivity index (χ4n) is 3.53. The molecule has 3 atom stereocenters. The Morgan fingerprint density at radius 1 is 1.37 bits per heavy atom. The Balaban J connectivity index is 1.71. The molecule has 0 aliphatic carbocycles. The quantitative estimate of drug-likeness (QED) is 0.924. The Morgan fingerprint density at radius 2 is 2.05 bits per heavy atom. The van der Waals surface area contributed by atoms with Crippen molar-refractivity contribution < 1.29 is 5.11 Å². The summed E-state index contributed by atoms with van der Waals surface area (Å²) in [6, 6.07) is 1.16. The van der Waals surface area contributed by atoms with E-state index in [1.807, 2.05) is 0 Å². The number of thiazole rings is 1. The highest BCUT2D eigenvalue weighted by molar-refractivity contribution is 7.09. The third-order valence-corrected chi connectivity index (χ3v) is 5.43. The summed E-state index contributed by atoms with van der Waals surface area (Å²) in [7, 11) is 0. The molecule has 19 heavy (non-hydrogen) atoms. The molecule has 1 aromatic heterocycles. The topological polar surface area (TPSA) is 36.4 Å². The van der Waals surface area contributed by atoms with Crippen LogP contribution in [0.1, 0.15) is 62.6 Å². The first kappa shape index (κ1) is 13.5. The van der Waals surface area contributed by atoms with Crippen molar-refractivity contribution in [2.24, 2.45) is 0 Å². The second kappa shape index (κ2) is 5.51. The van der Waals surface area contributed by atoms with E-state index < -0.39 is 0 Å². The summed E-state index contributed by atoms with van der Waals surface area (Å²) in [5, 5.41) is 13.4. The maximum absolute atomic E-state index is 9.94.